The number of carbonyl (C=O) groups excluding carboxylic acids is 1. The van der Waals surface area contributed by atoms with Gasteiger partial charge in [0, 0.05) is 0 Å². The summed E-state index contributed by atoms with van der Waals surface area (Å²) in [4.78, 5) is 11.3. The third-order valence-corrected chi connectivity index (χ3v) is 2.39. The second-order valence-corrected chi connectivity index (χ2v) is 12.0. The SMILES string of the molecule is CS(C)(C)NC(=O)NS(C)(C)C. The van der Waals surface area contributed by atoms with Gasteiger partial charge in [0.25, 0.3) is 0 Å². The van der Waals surface area contributed by atoms with E-state index < -0.39 is 20.4 Å². The van der Waals surface area contributed by atoms with Gasteiger partial charge in [-0.1, -0.05) is 0 Å². The number of nitrogens with one attached hydrogen (secondary N) is 2. The van der Waals surface area contributed by atoms with Gasteiger partial charge in [-0.15, -0.1) is 0 Å². The molecule has 0 rings (SSSR count). The van der Waals surface area contributed by atoms with Crippen molar-refractivity contribution < 1.29 is 4.79 Å². The van der Waals surface area contributed by atoms with E-state index in [4.69, 9.17) is 0 Å². The highest BCUT2D eigenvalue weighted by Gasteiger charge is 2.12. The molecule has 0 bridgehead atoms. The molecule has 0 saturated carbocycles. The van der Waals surface area contributed by atoms with E-state index in [1.54, 1.807) is 0 Å². The van der Waals surface area contributed by atoms with Crippen molar-refractivity contribution in [3.05, 3.63) is 0 Å². The molecule has 0 fully saturated rings. The van der Waals surface area contributed by atoms with Gasteiger partial charge < -0.3 is 9.44 Å². The minimum Gasteiger partial charge on any atom is -0.300 e. The van der Waals surface area contributed by atoms with Gasteiger partial charge in [0.15, 0.2) is 0 Å². The smallest absolute Gasteiger partial charge is 0.300 e. The average molecular weight is 212 g/mol. The van der Waals surface area contributed by atoms with Crippen LogP contribution >= 0.6 is 20.4 Å². The van der Waals surface area contributed by atoms with E-state index >= 15 is 0 Å². The summed E-state index contributed by atoms with van der Waals surface area (Å²) in [6.45, 7) is 0. The van der Waals surface area contributed by atoms with Crippen LogP contribution in [-0.4, -0.2) is 43.6 Å². The summed E-state index contributed by atoms with van der Waals surface area (Å²) in [6.07, 6.45) is 12.3. The molecule has 0 heterocycles. The Morgan fingerprint density at radius 3 is 1.25 bits per heavy atom. The fraction of sp³-hybridized carbons (Fsp3) is 0.857. The minimum absolute atomic E-state index is 0.0417. The zero-order valence-electron chi connectivity index (χ0n) is 8.72. The molecule has 0 aromatic rings. The van der Waals surface area contributed by atoms with E-state index in [1.807, 2.05) is 37.5 Å². The van der Waals surface area contributed by atoms with Crippen molar-refractivity contribution in [2.24, 2.45) is 0 Å². The molecule has 76 valence electrons. The van der Waals surface area contributed by atoms with E-state index in [9.17, 15) is 4.79 Å². The monoisotopic (exact) mass is 212 g/mol. The third-order valence-electron chi connectivity index (χ3n) is 0.798. The van der Waals surface area contributed by atoms with E-state index in [0.29, 0.717) is 0 Å². The molecule has 0 spiro atoms. The Balaban J connectivity index is 3.92. The lowest BCUT2D eigenvalue weighted by Gasteiger charge is -2.32. The number of amides is 2. The zero-order chi connectivity index (χ0) is 9.99. The molecule has 0 unspecified atom stereocenters. The molecule has 0 radical (unpaired) electrons. The molecule has 2 amide bonds. The summed E-state index contributed by atoms with van der Waals surface area (Å²) >= 11 is 0. The summed E-state index contributed by atoms with van der Waals surface area (Å²) in [5.74, 6) is 0. The first-order valence-corrected chi connectivity index (χ1v) is 9.28. The van der Waals surface area contributed by atoms with Crippen LogP contribution in [0.3, 0.4) is 0 Å². The van der Waals surface area contributed by atoms with E-state index in [0.717, 1.165) is 0 Å². The molecule has 0 saturated heterocycles. The largest absolute Gasteiger partial charge is 0.332 e. The predicted molar refractivity (Wildman–Crippen MR) is 62.4 cm³/mol. The first kappa shape index (κ1) is 12.0. The highest BCUT2D eigenvalue weighted by atomic mass is 32.3. The lowest BCUT2D eigenvalue weighted by atomic mass is 11.2. The molecule has 12 heavy (non-hydrogen) atoms. The van der Waals surface area contributed by atoms with Crippen molar-refractivity contribution in [2.75, 3.05) is 37.5 Å². The first-order valence-electron chi connectivity index (χ1n) is 3.56. The van der Waals surface area contributed by atoms with Crippen molar-refractivity contribution >= 4 is 26.5 Å². The molecule has 0 aliphatic heterocycles. The number of rotatable bonds is 2. The summed E-state index contributed by atoms with van der Waals surface area (Å²) in [7, 11) is -1.89. The Kier molecular flexibility index (Phi) is 3.78. The summed E-state index contributed by atoms with van der Waals surface area (Å²) in [5, 5.41) is 0. The number of carbonyl (C=O) groups is 1. The average Bonchev–Trinajstić information content (AvgIpc) is 1.49. The summed E-state index contributed by atoms with van der Waals surface area (Å²) < 4.78 is 5.86. The van der Waals surface area contributed by atoms with Crippen LogP contribution in [0.1, 0.15) is 0 Å². The van der Waals surface area contributed by atoms with Gasteiger partial charge in [0.1, 0.15) is 0 Å². The van der Waals surface area contributed by atoms with Crippen LogP contribution in [0.5, 0.6) is 0 Å². The number of hydrogen-bond donors (Lipinski definition) is 2. The highest BCUT2D eigenvalue weighted by Crippen LogP contribution is 2.31. The van der Waals surface area contributed by atoms with Crippen LogP contribution in [0.4, 0.5) is 4.79 Å². The third kappa shape index (κ3) is 8.07. The van der Waals surface area contributed by atoms with E-state index in [-0.39, 0.29) is 6.03 Å². The maximum atomic E-state index is 11.3. The topological polar surface area (TPSA) is 41.1 Å². The minimum atomic E-state index is -0.944. The Bertz CT molecular complexity index is 151. The van der Waals surface area contributed by atoms with Crippen LogP contribution in [0.2, 0.25) is 0 Å². The predicted octanol–water partition coefficient (Wildman–Crippen LogP) is 1.50. The van der Waals surface area contributed by atoms with Crippen LogP contribution in [0.15, 0.2) is 0 Å². The lowest BCUT2D eigenvalue weighted by Crippen LogP contribution is -2.37. The Labute approximate surface area is 78.6 Å². The number of hydrogen-bond acceptors (Lipinski definition) is 1. The molecule has 0 atom stereocenters. The van der Waals surface area contributed by atoms with Crippen molar-refractivity contribution in [1.82, 2.24) is 9.44 Å². The molecular formula is C7H20N2OS2. The molecule has 0 aromatic heterocycles. The van der Waals surface area contributed by atoms with Crippen LogP contribution in [0.25, 0.3) is 0 Å². The molecule has 0 aromatic carbocycles. The van der Waals surface area contributed by atoms with Crippen LogP contribution in [-0.2, 0) is 0 Å². The fourth-order valence-corrected chi connectivity index (χ4v) is 1.86. The van der Waals surface area contributed by atoms with Gasteiger partial charge in [0.2, 0.25) is 0 Å². The van der Waals surface area contributed by atoms with E-state index in [2.05, 4.69) is 9.44 Å². The molecule has 0 aliphatic carbocycles. The van der Waals surface area contributed by atoms with Crippen molar-refractivity contribution in [3.63, 3.8) is 0 Å². The fourth-order valence-electron chi connectivity index (χ4n) is 0.577. The van der Waals surface area contributed by atoms with Crippen LogP contribution < -0.4 is 9.44 Å². The molecule has 3 nitrogen and oxygen atoms in total. The standard InChI is InChI=1S/C7H20N2OS2/c1-11(2,3)8-7(10)9-12(4,5)6/h1-6H3,(H2,8,9,10). The van der Waals surface area contributed by atoms with Gasteiger partial charge in [-0.2, -0.15) is 20.4 Å². The van der Waals surface area contributed by atoms with Crippen molar-refractivity contribution in [3.8, 4) is 0 Å². The molecular weight excluding hydrogens is 192 g/mol. The molecule has 0 aliphatic rings. The van der Waals surface area contributed by atoms with E-state index in [1.165, 1.54) is 0 Å². The second-order valence-electron chi connectivity index (χ2n) is 4.21. The zero-order valence-corrected chi connectivity index (χ0v) is 10.4. The second kappa shape index (κ2) is 3.79. The van der Waals surface area contributed by atoms with Gasteiger partial charge in [-0.05, 0) is 37.5 Å². The Morgan fingerprint density at radius 1 is 0.833 bits per heavy atom. The summed E-state index contributed by atoms with van der Waals surface area (Å²) in [5.41, 5.74) is 0. The quantitative estimate of drug-likeness (QED) is 0.715. The maximum Gasteiger partial charge on any atom is 0.332 e. The molecule has 5 heteroatoms. The molecule has 2 N–H and O–H groups in total. The van der Waals surface area contributed by atoms with Gasteiger partial charge >= 0.3 is 6.03 Å². The normalized spacial score (nSPS) is 15.2. The van der Waals surface area contributed by atoms with Gasteiger partial charge in [-0.25, -0.2) is 4.79 Å². The first-order chi connectivity index (χ1) is 5.10. The Morgan fingerprint density at radius 2 is 1.08 bits per heavy atom. The maximum absolute atomic E-state index is 11.3. The van der Waals surface area contributed by atoms with Gasteiger partial charge in [0.05, 0.1) is 0 Å². The van der Waals surface area contributed by atoms with Crippen LogP contribution in [0, 0.1) is 0 Å². The number of urea groups is 1. The highest BCUT2D eigenvalue weighted by molar-refractivity contribution is 8.32. The van der Waals surface area contributed by atoms with Crippen molar-refractivity contribution in [1.29, 1.82) is 0 Å². The summed E-state index contributed by atoms with van der Waals surface area (Å²) in [6, 6.07) is -0.0417. The Hall–Kier alpha value is -0.0300. The lowest BCUT2D eigenvalue weighted by molar-refractivity contribution is 0.251. The van der Waals surface area contributed by atoms with Gasteiger partial charge in [-0.3, -0.25) is 0 Å². The van der Waals surface area contributed by atoms with Crippen molar-refractivity contribution in [2.45, 2.75) is 0 Å².